The van der Waals surface area contributed by atoms with E-state index in [2.05, 4.69) is 20.3 Å². The lowest BCUT2D eigenvalue weighted by Crippen LogP contribution is -2.13. The van der Waals surface area contributed by atoms with Crippen LogP contribution in [0.5, 0.6) is 0 Å². The summed E-state index contributed by atoms with van der Waals surface area (Å²) in [6.07, 6.45) is 1.43. The van der Waals surface area contributed by atoms with Crippen molar-refractivity contribution in [3.8, 4) is 5.69 Å². The largest absolute Gasteiger partial charge is 0.369 e. The van der Waals surface area contributed by atoms with E-state index in [9.17, 15) is 4.79 Å². The molecule has 2 heterocycles. The summed E-state index contributed by atoms with van der Waals surface area (Å²) in [4.78, 5) is 19.2. The molecule has 3 rings (SSSR count). The van der Waals surface area contributed by atoms with Crippen molar-refractivity contribution in [2.75, 3.05) is 5.75 Å². The van der Waals surface area contributed by atoms with Gasteiger partial charge in [-0.25, -0.2) is 9.97 Å². The fraction of sp³-hybridized carbons (Fsp3) is 0.0833. The highest BCUT2D eigenvalue weighted by atomic mass is 32.2. The topological polar surface area (TPSA) is 99.6 Å². The number of carbonyl (C=O) groups excluding carboxylic acids is 1. The summed E-state index contributed by atoms with van der Waals surface area (Å²) in [6.45, 7) is 0. The maximum atomic E-state index is 10.9. The first-order valence-corrected chi connectivity index (χ1v) is 6.77. The number of para-hydroxylation sites is 1. The van der Waals surface area contributed by atoms with Crippen molar-refractivity contribution in [2.45, 2.75) is 5.03 Å². The molecule has 2 aromatic heterocycles. The van der Waals surface area contributed by atoms with E-state index in [0.29, 0.717) is 16.2 Å². The fourth-order valence-corrected chi connectivity index (χ4v) is 2.39. The minimum Gasteiger partial charge on any atom is -0.369 e. The number of thioether (sulfide) groups is 1. The molecule has 20 heavy (non-hydrogen) atoms. The first-order valence-electron chi connectivity index (χ1n) is 5.78. The highest BCUT2D eigenvalue weighted by Gasteiger charge is 2.13. The van der Waals surface area contributed by atoms with E-state index < -0.39 is 5.91 Å². The Hall–Kier alpha value is -2.48. The van der Waals surface area contributed by atoms with Gasteiger partial charge < -0.3 is 5.73 Å². The fourth-order valence-electron chi connectivity index (χ4n) is 1.72. The van der Waals surface area contributed by atoms with Crippen molar-refractivity contribution in [1.29, 1.82) is 0 Å². The normalized spacial score (nSPS) is 10.8. The number of nitrogens with two attached hydrogens (primary N) is 1. The Kier molecular flexibility index (Phi) is 3.30. The van der Waals surface area contributed by atoms with E-state index in [1.54, 1.807) is 4.68 Å². The Bertz CT molecular complexity index is 757. The molecule has 3 aromatic rings. The van der Waals surface area contributed by atoms with Crippen molar-refractivity contribution in [1.82, 2.24) is 25.0 Å². The molecule has 1 aromatic carbocycles. The van der Waals surface area contributed by atoms with E-state index in [0.717, 1.165) is 5.69 Å². The number of primary amides is 1. The molecule has 0 saturated heterocycles. The number of nitrogens with zero attached hydrogens (tertiary/aromatic N) is 5. The van der Waals surface area contributed by atoms with Gasteiger partial charge in [-0.1, -0.05) is 35.2 Å². The molecular weight excluding hydrogens is 276 g/mol. The number of benzene rings is 1. The van der Waals surface area contributed by atoms with Crippen LogP contribution in [0.2, 0.25) is 0 Å². The first-order chi connectivity index (χ1) is 9.75. The molecule has 0 radical (unpaired) electrons. The maximum absolute atomic E-state index is 10.9. The maximum Gasteiger partial charge on any atom is 0.227 e. The van der Waals surface area contributed by atoms with Crippen LogP contribution in [-0.4, -0.2) is 36.6 Å². The Morgan fingerprint density at radius 1 is 1.25 bits per heavy atom. The van der Waals surface area contributed by atoms with Crippen LogP contribution >= 0.6 is 11.8 Å². The third-order valence-electron chi connectivity index (χ3n) is 2.56. The van der Waals surface area contributed by atoms with Crippen LogP contribution in [0, 0.1) is 0 Å². The molecule has 0 bridgehead atoms. The molecule has 7 nitrogen and oxygen atoms in total. The van der Waals surface area contributed by atoms with Crippen molar-refractivity contribution in [3.63, 3.8) is 0 Å². The summed E-state index contributed by atoms with van der Waals surface area (Å²) in [5.41, 5.74) is 7.15. The van der Waals surface area contributed by atoms with Gasteiger partial charge in [0.1, 0.15) is 11.4 Å². The second kappa shape index (κ2) is 5.25. The quantitative estimate of drug-likeness (QED) is 0.562. The predicted molar refractivity (Wildman–Crippen MR) is 74.4 cm³/mol. The van der Waals surface area contributed by atoms with Crippen molar-refractivity contribution >= 4 is 28.8 Å². The van der Waals surface area contributed by atoms with Gasteiger partial charge in [0.05, 0.1) is 11.4 Å². The molecule has 2 N–H and O–H groups in total. The van der Waals surface area contributed by atoms with Crippen LogP contribution in [0.15, 0.2) is 41.7 Å². The average Bonchev–Trinajstić information content (AvgIpc) is 2.90. The lowest BCUT2D eigenvalue weighted by molar-refractivity contribution is -0.115. The standard InChI is InChI=1S/C12H10N6OS/c13-9(19)6-20-12-10-11(14-7-15-12)18(17-16-10)8-4-2-1-3-5-8/h1-5,7H,6H2,(H2,13,19). The lowest BCUT2D eigenvalue weighted by Gasteiger charge is -2.01. The summed E-state index contributed by atoms with van der Waals surface area (Å²) in [7, 11) is 0. The van der Waals surface area contributed by atoms with Crippen LogP contribution < -0.4 is 5.73 Å². The molecule has 8 heteroatoms. The molecule has 0 aliphatic heterocycles. The number of aromatic nitrogens is 5. The van der Waals surface area contributed by atoms with Gasteiger partial charge in [-0.3, -0.25) is 4.79 Å². The molecule has 1 amide bonds. The van der Waals surface area contributed by atoms with Gasteiger partial charge >= 0.3 is 0 Å². The summed E-state index contributed by atoms with van der Waals surface area (Å²) in [5, 5.41) is 8.77. The Morgan fingerprint density at radius 3 is 2.80 bits per heavy atom. The van der Waals surface area contributed by atoms with Gasteiger partial charge in [-0.2, -0.15) is 4.68 Å². The van der Waals surface area contributed by atoms with Crippen molar-refractivity contribution in [2.24, 2.45) is 5.73 Å². The van der Waals surface area contributed by atoms with Gasteiger partial charge in [0.25, 0.3) is 0 Å². The third-order valence-corrected chi connectivity index (χ3v) is 3.56. The minimum atomic E-state index is -0.405. The summed E-state index contributed by atoms with van der Waals surface area (Å²) >= 11 is 1.23. The Labute approximate surface area is 118 Å². The van der Waals surface area contributed by atoms with Gasteiger partial charge in [0, 0.05) is 0 Å². The van der Waals surface area contributed by atoms with Crippen molar-refractivity contribution in [3.05, 3.63) is 36.7 Å². The zero-order chi connectivity index (χ0) is 13.9. The Balaban J connectivity index is 2.06. The molecule has 0 saturated carbocycles. The minimum absolute atomic E-state index is 0.143. The number of hydrogen-bond donors (Lipinski definition) is 1. The Morgan fingerprint density at radius 2 is 2.05 bits per heavy atom. The molecular formula is C12H10N6OS. The molecule has 0 atom stereocenters. The predicted octanol–water partition coefficient (Wildman–Crippen LogP) is 0.788. The van der Waals surface area contributed by atoms with Crippen LogP contribution in [-0.2, 0) is 4.79 Å². The van der Waals surface area contributed by atoms with E-state index in [4.69, 9.17) is 5.73 Å². The van der Waals surface area contributed by atoms with E-state index in [-0.39, 0.29) is 5.75 Å². The number of hydrogen-bond acceptors (Lipinski definition) is 6. The lowest BCUT2D eigenvalue weighted by atomic mass is 10.3. The van der Waals surface area contributed by atoms with Gasteiger partial charge in [-0.05, 0) is 12.1 Å². The van der Waals surface area contributed by atoms with Crippen LogP contribution in [0.3, 0.4) is 0 Å². The SMILES string of the molecule is NC(=O)CSc1ncnc2c1nnn2-c1ccccc1. The third kappa shape index (κ3) is 2.32. The second-order valence-electron chi connectivity index (χ2n) is 3.94. The highest BCUT2D eigenvalue weighted by Crippen LogP contribution is 2.23. The number of amides is 1. The van der Waals surface area contributed by atoms with Gasteiger partial charge in [-0.15, -0.1) is 5.10 Å². The van der Waals surface area contributed by atoms with E-state index in [1.165, 1.54) is 18.1 Å². The molecule has 0 aliphatic carbocycles. The zero-order valence-corrected chi connectivity index (χ0v) is 11.1. The molecule has 0 fully saturated rings. The van der Waals surface area contributed by atoms with Crippen LogP contribution in [0.25, 0.3) is 16.9 Å². The summed E-state index contributed by atoms with van der Waals surface area (Å²) in [6, 6.07) is 9.56. The average molecular weight is 286 g/mol. The monoisotopic (exact) mass is 286 g/mol. The van der Waals surface area contributed by atoms with Crippen LogP contribution in [0.4, 0.5) is 0 Å². The van der Waals surface area contributed by atoms with Gasteiger partial charge in [0.15, 0.2) is 11.2 Å². The van der Waals surface area contributed by atoms with Crippen molar-refractivity contribution < 1.29 is 4.79 Å². The number of fused-ring (bicyclic) bond motifs is 1. The van der Waals surface area contributed by atoms with Gasteiger partial charge in [0.2, 0.25) is 5.91 Å². The van der Waals surface area contributed by atoms with E-state index in [1.807, 2.05) is 30.3 Å². The summed E-state index contributed by atoms with van der Waals surface area (Å²) < 4.78 is 1.63. The van der Waals surface area contributed by atoms with Crippen LogP contribution in [0.1, 0.15) is 0 Å². The smallest absolute Gasteiger partial charge is 0.227 e. The van der Waals surface area contributed by atoms with E-state index >= 15 is 0 Å². The molecule has 0 unspecified atom stereocenters. The molecule has 0 spiro atoms. The second-order valence-corrected chi connectivity index (χ2v) is 4.91. The summed E-state index contributed by atoms with van der Waals surface area (Å²) in [5.74, 6) is -0.262. The molecule has 100 valence electrons. The molecule has 0 aliphatic rings. The highest BCUT2D eigenvalue weighted by molar-refractivity contribution is 8.00. The number of rotatable bonds is 4. The first kappa shape index (κ1) is 12.5. The zero-order valence-electron chi connectivity index (χ0n) is 10.3. The number of carbonyl (C=O) groups is 1.